The average molecular weight is 445 g/mol. The molecule has 0 radical (unpaired) electrons. The second-order valence-corrected chi connectivity index (χ2v) is 10.3. The molecule has 2 aromatic rings. The lowest BCUT2D eigenvalue weighted by molar-refractivity contribution is 0.0972. The third-order valence-corrected chi connectivity index (χ3v) is 7.93. The van der Waals surface area contributed by atoms with Crippen molar-refractivity contribution in [2.75, 3.05) is 13.1 Å². The van der Waals surface area contributed by atoms with Gasteiger partial charge in [0.15, 0.2) is 5.78 Å². The molecule has 4 heteroatoms. The molecule has 2 fully saturated rings. The molecule has 0 bridgehead atoms. The van der Waals surface area contributed by atoms with Crippen molar-refractivity contribution >= 4 is 17.2 Å². The highest BCUT2D eigenvalue weighted by Gasteiger charge is 2.28. The van der Waals surface area contributed by atoms with Gasteiger partial charge >= 0.3 is 0 Å². The molecule has 0 aromatic heterocycles. The number of Topliss-reactive ketones (excluding diaryl/α,β-unsaturated/α-hetero) is 1. The Balaban J connectivity index is 1.46. The van der Waals surface area contributed by atoms with Gasteiger partial charge in [0.2, 0.25) is 0 Å². The highest BCUT2D eigenvalue weighted by molar-refractivity contribution is 6.03. The molecule has 0 amide bonds. The fourth-order valence-electron chi connectivity index (χ4n) is 6.07. The minimum Gasteiger partial charge on any atom is -0.508 e. The summed E-state index contributed by atoms with van der Waals surface area (Å²) in [6.07, 6.45) is 11.5. The number of aliphatic imine (C=N–C) groups is 1. The Bertz CT molecular complexity index is 999. The topological polar surface area (TPSA) is 61.7 Å². The number of nitrogens with one attached hydrogen (secondary N) is 1. The molecule has 2 aliphatic heterocycles. The number of nitrogens with zero attached hydrogens (tertiary/aromatic N) is 1. The van der Waals surface area contributed by atoms with Crippen molar-refractivity contribution < 1.29 is 9.90 Å². The van der Waals surface area contributed by atoms with Gasteiger partial charge in [0, 0.05) is 17.7 Å². The van der Waals surface area contributed by atoms with Crippen LogP contribution in [0.1, 0.15) is 74.6 Å². The summed E-state index contributed by atoms with van der Waals surface area (Å²) in [4.78, 5) is 18.6. The lowest BCUT2D eigenvalue weighted by atomic mass is 9.81. The van der Waals surface area contributed by atoms with E-state index in [0.29, 0.717) is 18.3 Å². The van der Waals surface area contributed by atoms with Crippen molar-refractivity contribution in [2.45, 2.75) is 64.2 Å². The number of rotatable bonds is 4. The van der Waals surface area contributed by atoms with Gasteiger partial charge < -0.3 is 10.4 Å². The van der Waals surface area contributed by atoms with Crippen LogP contribution < -0.4 is 5.32 Å². The van der Waals surface area contributed by atoms with Crippen LogP contribution in [0.25, 0.3) is 11.1 Å². The molecule has 1 aliphatic carbocycles. The van der Waals surface area contributed by atoms with Gasteiger partial charge in [0.05, 0.1) is 5.69 Å². The van der Waals surface area contributed by atoms with E-state index in [2.05, 4.69) is 11.4 Å². The smallest absolute Gasteiger partial charge is 0.165 e. The van der Waals surface area contributed by atoms with Crippen molar-refractivity contribution in [3.05, 3.63) is 48.0 Å². The van der Waals surface area contributed by atoms with E-state index in [1.807, 2.05) is 24.3 Å². The zero-order valence-corrected chi connectivity index (χ0v) is 19.6. The molecule has 2 atom stereocenters. The van der Waals surface area contributed by atoms with Crippen molar-refractivity contribution in [3.8, 4) is 16.9 Å². The van der Waals surface area contributed by atoms with Crippen LogP contribution in [-0.4, -0.2) is 29.7 Å². The van der Waals surface area contributed by atoms with Gasteiger partial charge in [0.25, 0.3) is 0 Å². The zero-order chi connectivity index (χ0) is 22.6. The maximum Gasteiger partial charge on any atom is 0.165 e. The fraction of sp³-hybridized carbons (Fsp3) is 0.517. The van der Waals surface area contributed by atoms with Crippen LogP contribution in [0.2, 0.25) is 0 Å². The Hall–Kier alpha value is -2.46. The van der Waals surface area contributed by atoms with Crippen molar-refractivity contribution in [3.63, 3.8) is 0 Å². The standard InChI is InChI=1S/C29H36N2O2/c32-25-11-8-22(9-12-25)24-10-13-27-26(18-24)29(33)14-7-20(16-21-4-3-15-30-19-21)17-28(31-27)23-5-1-2-6-23/h8-13,18,20-21,23,30,32H,1-7,14-17,19H2. The maximum absolute atomic E-state index is 13.4. The van der Waals surface area contributed by atoms with E-state index >= 15 is 0 Å². The molecular formula is C29H36N2O2. The fourth-order valence-corrected chi connectivity index (χ4v) is 6.07. The Kier molecular flexibility index (Phi) is 6.91. The minimum absolute atomic E-state index is 0.216. The zero-order valence-electron chi connectivity index (χ0n) is 19.6. The van der Waals surface area contributed by atoms with Gasteiger partial charge in [-0.2, -0.15) is 0 Å². The van der Waals surface area contributed by atoms with Crippen LogP contribution in [0.3, 0.4) is 0 Å². The molecule has 2 unspecified atom stereocenters. The second kappa shape index (κ2) is 10.2. The summed E-state index contributed by atoms with van der Waals surface area (Å²) >= 11 is 0. The van der Waals surface area contributed by atoms with Crippen molar-refractivity contribution in [1.82, 2.24) is 5.32 Å². The summed E-state index contributed by atoms with van der Waals surface area (Å²) in [5.41, 5.74) is 4.96. The molecule has 1 saturated carbocycles. The normalized spacial score (nSPS) is 24.5. The van der Waals surface area contributed by atoms with Crippen molar-refractivity contribution in [2.24, 2.45) is 22.7 Å². The molecule has 5 rings (SSSR count). The van der Waals surface area contributed by atoms with Crippen LogP contribution in [0.4, 0.5) is 5.69 Å². The summed E-state index contributed by atoms with van der Waals surface area (Å²) in [6, 6.07) is 13.3. The number of fused-ring (bicyclic) bond motifs is 1. The number of ketones is 1. The van der Waals surface area contributed by atoms with Gasteiger partial charge in [-0.1, -0.05) is 31.0 Å². The number of hydrogen-bond acceptors (Lipinski definition) is 4. The third kappa shape index (κ3) is 5.38. The average Bonchev–Trinajstić information content (AvgIpc) is 3.39. The Morgan fingerprint density at radius 2 is 1.70 bits per heavy atom. The molecule has 3 aliphatic rings. The number of benzene rings is 2. The summed E-state index contributed by atoms with van der Waals surface area (Å²) in [5, 5.41) is 13.2. The third-order valence-electron chi connectivity index (χ3n) is 7.93. The highest BCUT2D eigenvalue weighted by Crippen LogP contribution is 2.37. The Morgan fingerprint density at radius 3 is 2.45 bits per heavy atom. The Labute approximate surface area is 197 Å². The van der Waals surface area contributed by atoms with E-state index in [0.717, 1.165) is 54.2 Å². The van der Waals surface area contributed by atoms with E-state index in [-0.39, 0.29) is 11.5 Å². The first kappa shape index (κ1) is 22.3. The summed E-state index contributed by atoms with van der Waals surface area (Å²) in [7, 11) is 0. The molecule has 174 valence electrons. The monoisotopic (exact) mass is 444 g/mol. The first-order valence-electron chi connectivity index (χ1n) is 12.9. The predicted molar refractivity (Wildman–Crippen MR) is 134 cm³/mol. The molecule has 1 saturated heterocycles. The number of phenolic OH excluding ortho intramolecular Hbond substituents is 1. The number of phenols is 1. The minimum atomic E-state index is 0.216. The number of piperidine rings is 1. The number of carbonyl (C=O) groups excluding carboxylic acids is 1. The summed E-state index contributed by atoms with van der Waals surface area (Å²) in [6.45, 7) is 2.27. The molecule has 0 spiro atoms. The van der Waals surface area contributed by atoms with Gasteiger partial charge in [-0.05, 0) is 111 Å². The number of hydrogen-bond donors (Lipinski definition) is 2. The molecule has 2 heterocycles. The van der Waals surface area contributed by atoms with E-state index in [9.17, 15) is 9.90 Å². The van der Waals surface area contributed by atoms with Crippen LogP contribution in [-0.2, 0) is 0 Å². The maximum atomic E-state index is 13.4. The Morgan fingerprint density at radius 1 is 0.909 bits per heavy atom. The highest BCUT2D eigenvalue weighted by atomic mass is 16.3. The predicted octanol–water partition coefficient (Wildman–Crippen LogP) is 6.69. The lowest BCUT2D eigenvalue weighted by Crippen LogP contribution is -2.31. The van der Waals surface area contributed by atoms with Gasteiger partial charge in [-0.25, -0.2) is 0 Å². The van der Waals surface area contributed by atoms with Crippen LogP contribution in [0.5, 0.6) is 5.75 Å². The van der Waals surface area contributed by atoms with E-state index < -0.39 is 0 Å². The molecule has 33 heavy (non-hydrogen) atoms. The number of carbonyl (C=O) groups is 1. The quantitative estimate of drug-likeness (QED) is 0.552. The summed E-state index contributed by atoms with van der Waals surface area (Å²) in [5.74, 6) is 2.32. The van der Waals surface area contributed by atoms with Crippen LogP contribution in [0.15, 0.2) is 47.5 Å². The van der Waals surface area contributed by atoms with Crippen LogP contribution >= 0.6 is 0 Å². The second-order valence-electron chi connectivity index (χ2n) is 10.3. The van der Waals surface area contributed by atoms with E-state index in [1.54, 1.807) is 12.1 Å². The summed E-state index contributed by atoms with van der Waals surface area (Å²) < 4.78 is 0. The van der Waals surface area contributed by atoms with Crippen LogP contribution in [0, 0.1) is 17.8 Å². The van der Waals surface area contributed by atoms with E-state index in [4.69, 9.17) is 4.99 Å². The molecule has 2 N–H and O–H groups in total. The molecular weight excluding hydrogens is 408 g/mol. The van der Waals surface area contributed by atoms with Gasteiger partial charge in [0.1, 0.15) is 5.75 Å². The SMILES string of the molecule is O=C1CCC(CC2CCCNC2)CC(C2CCCC2)=Nc2ccc(-c3ccc(O)cc3)cc21. The van der Waals surface area contributed by atoms with Gasteiger partial charge in [-0.3, -0.25) is 9.79 Å². The number of aromatic hydroxyl groups is 1. The first-order valence-corrected chi connectivity index (χ1v) is 12.9. The first-order chi connectivity index (χ1) is 16.2. The van der Waals surface area contributed by atoms with E-state index in [1.165, 1.54) is 50.7 Å². The lowest BCUT2D eigenvalue weighted by Gasteiger charge is -2.28. The van der Waals surface area contributed by atoms with Crippen molar-refractivity contribution in [1.29, 1.82) is 0 Å². The molecule has 2 aromatic carbocycles. The molecule has 4 nitrogen and oxygen atoms in total. The largest absolute Gasteiger partial charge is 0.508 e. The van der Waals surface area contributed by atoms with Gasteiger partial charge in [-0.15, -0.1) is 0 Å².